The van der Waals surface area contributed by atoms with Gasteiger partial charge in [0.25, 0.3) is 10.2 Å². The van der Waals surface area contributed by atoms with Crippen LogP contribution in [0.15, 0.2) is 30.3 Å². The van der Waals surface area contributed by atoms with Crippen molar-refractivity contribution in [3.05, 3.63) is 35.9 Å². The summed E-state index contributed by atoms with van der Waals surface area (Å²) < 4.78 is 28.7. The van der Waals surface area contributed by atoms with E-state index in [9.17, 15) is 8.42 Å². The molecule has 0 aromatic heterocycles. The third kappa shape index (κ3) is 3.92. The predicted octanol–water partition coefficient (Wildman–Crippen LogP) is 2.32. The Bertz CT molecular complexity index is 489. The van der Waals surface area contributed by atoms with Crippen molar-refractivity contribution in [2.24, 2.45) is 0 Å². The molecule has 1 atom stereocenters. The molecule has 0 amide bonds. The highest BCUT2D eigenvalue weighted by Crippen LogP contribution is 2.23. The molecule has 1 rings (SSSR count). The van der Waals surface area contributed by atoms with Crippen LogP contribution < -0.4 is 4.72 Å². The first kappa shape index (κ1) is 16.4. The second-order valence-corrected chi connectivity index (χ2v) is 6.46. The van der Waals surface area contributed by atoms with E-state index < -0.39 is 15.7 Å². The average molecular weight is 305 g/mol. The first-order chi connectivity index (χ1) is 8.89. The van der Waals surface area contributed by atoms with Gasteiger partial charge in [-0.15, -0.1) is 11.6 Å². The van der Waals surface area contributed by atoms with Crippen LogP contribution >= 0.6 is 11.6 Å². The summed E-state index contributed by atoms with van der Waals surface area (Å²) in [5.41, 5.74) is 0.0327. The Morgan fingerprint density at radius 3 is 2.16 bits per heavy atom. The SMILES string of the molecule is CCN(CC)S(=O)(=O)NC(C)(CCl)c1ccccc1. The zero-order chi connectivity index (χ0) is 14.5. The Morgan fingerprint density at radius 1 is 1.21 bits per heavy atom. The van der Waals surface area contributed by atoms with Gasteiger partial charge in [-0.3, -0.25) is 0 Å². The molecule has 0 heterocycles. The number of hydrogen-bond acceptors (Lipinski definition) is 2. The lowest BCUT2D eigenvalue weighted by Gasteiger charge is -2.31. The van der Waals surface area contributed by atoms with E-state index in [1.807, 2.05) is 44.2 Å². The highest BCUT2D eigenvalue weighted by Gasteiger charge is 2.33. The predicted molar refractivity (Wildman–Crippen MR) is 79.5 cm³/mol. The van der Waals surface area contributed by atoms with Crippen molar-refractivity contribution in [2.75, 3.05) is 19.0 Å². The number of nitrogens with one attached hydrogen (secondary N) is 1. The number of benzene rings is 1. The lowest BCUT2D eigenvalue weighted by Crippen LogP contribution is -2.51. The molecule has 0 saturated heterocycles. The highest BCUT2D eigenvalue weighted by molar-refractivity contribution is 7.87. The molecular weight excluding hydrogens is 284 g/mol. The zero-order valence-electron chi connectivity index (χ0n) is 11.6. The third-order valence-corrected chi connectivity index (χ3v) is 5.52. The van der Waals surface area contributed by atoms with Crippen molar-refractivity contribution in [2.45, 2.75) is 26.3 Å². The topological polar surface area (TPSA) is 49.4 Å². The summed E-state index contributed by atoms with van der Waals surface area (Å²) in [4.78, 5) is 0. The van der Waals surface area contributed by atoms with Crippen molar-refractivity contribution in [3.8, 4) is 0 Å². The van der Waals surface area contributed by atoms with Crippen LogP contribution in [-0.2, 0) is 15.7 Å². The molecule has 1 unspecified atom stereocenters. The van der Waals surface area contributed by atoms with Crippen molar-refractivity contribution < 1.29 is 8.42 Å². The Morgan fingerprint density at radius 2 is 1.74 bits per heavy atom. The summed E-state index contributed by atoms with van der Waals surface area (Å²) in [6.45, 7) is 6.26. The van der Waals surface area contributed by atoms with Gasteiger partial charge < -0.3 is 0 Å². The normalized spacial score (nSPS) is 15.4. The molecule has 0 aliphatic heterocycles. The van der Waals surface area contributed by atoms with E-state index in [1.165, 1.54) is 4.31 Å². The maximum Gasteiger partial charge on any atom is 0.280 e. The van der Waals surface area contributed by atoms with Crippen LogP contribution in [0.5, 0.6) is 0 Å². The number of hydrogen-bond donors (Lipinski definition) is 1. The van der Waals surface area contributed by atoms with Crippen molar-refractivity contribution in [3.63, 3.8) is 0 Å². The standard InChI is InChI=1S/C13H21ClN2O2S/c1-4-16(5-2)19(17,18)15-13(3,11-14)12-9-7-6-8-10-12/h6-10,15H,4-5,11H2,1-3H3. The van der Waals surface area contributed by atoms with Gasteiger partial charge in [-0.05, 0) is 12.5 Å². The van der Waals surface area contributed by atoms with Gasteiger partial charge in [0.15, 0.2) is 0 Å². The van der Waals surface area contributed by atoms with Gasteiger partial charge in [-0.25, -0.2) is 0 Å². The molecule has 1 aromatic carbocycles. The second-order valence-electron chi connectivity index (χ2n) is 4.52. The van der Waals surface area contributed by atoms with E-state index in [0.717, 1.165) is 5.56 Å². The number of nitrogens with zero attached hydrogens (tertiary/aromatic N) is 1. The molecule has 1 N–H and O–H groups in total. The van der Waals surface area contributed by atoms with E-state index in [2.05, 4.69) is 4.72 Å². The molecule has 0 saturated carbocycles. The van der Waals surface area contributed by atoms with Gasteiger partial charge in [0.05, 0.1) is 5.54 Å². The molecule has 1 aromatic rings. The molecule has 0 aliphatic rings. The van der Waals surface area contributed by atoms with Crippen molar-refractivity contribution in [1.82, 2.24) is 9.03 Å². The van der Waals surface area contributed by atoms with Crippen LogP contribution in [0.25, 0.3) is 0 Å². The third-order valence-electron chi connectivity index (χ3n) is 3.08. The van der Waals surface area contributed by atoms with Gasteiger partial charge in [-0.2, -0.15) is 17.4 Å². The summed E-state index contributed by atoms with van der Waals surface area (Å²) in [6, 6.07) is 9.36. The van der Waals surface area contributed by atoms with E-state index in [-0.39, 0.29) is 5.88 Å². The Kier molecular flexibility index (Phi) is 5.80. The summed E-state index contributed by atoms with van der Waals surface area (Å²) in [7, 11) is -3.54. The fraction of sp³-hybridized carbons (Fsp3) is 0.538. The van der Waals surface area contributed by atoms with E-state index >= 15 is 0 Å². The molecule has 19 heavy (non-hydrogen) atoms. The molecular formula is C13H21ClN2O2S. The van der Waals surface area contributed by atoms with Crippen LogP contribution in [0.1, 0.15) is 26.3 Å². The minimum absolute atomic E-state index is 0.164. The minimum Gasteiger partial charge on any atom is -0.195 e. The first-order valence-electron chi connectivity index (χ1n) is 6.30. The number of rotatable bonds is 7. The lowest BCUT2D eigenvalue weighted by atomic mass is 9.96. The van der Waals surface area contributed by atoms with Crippen LogP contribution in [0.4, 0.5) is 0 Å². The molecule has 108 valence electrons. The molecule has 0 bridgehead atoms. The molecule has 0 spiro atoms. The Balaban J connectivity index is 3.06. The maximum atomic E-state index is 12.3. The maximum absolute atomic E-state index is 12.3. The average Bonchev–Trinajstić information content (AvgIpc) is 2.40. The van der Waals surface area contributed by atoms with E-state index in [1.54, 1.807) is 6.92 Å². The monoisotopic (exact) mass is 304 g/mol. The lowest BCUT2D eigenvalue weighted by molar-refractivity contribution is 0.402. The van der Waals surface area contributed by atoms with E-state index in [4.69, 9.17) is 11.6 Å². The van der Waals surface area contributed by atoms with Gasteiger partial charge in [0.1, 0.15) is 0 Å². The number of alkyl halides is 1. The van der Waals surface area contributed by atoms with Crippen LogP contribution in [0.2, 0.25) is 0 Å². The number of halogens is 1. The smallest absolute Gasteiger partial charge is 0.195 e. The molecule has 0 radical (unpaired) electrons. The molecule has 4 nitrogen and oxygen atoms in total. The fourth-order valence-electron chi connectivity index (χ4n) is 1.88. The Hall–Kier alpha value is -0.620. The van der Waals surface area contributed by atoms with Crippen molar-refractivity contribution in [1.29, 1.82) is 0 Å². The fourth-order valence-corrected chi connectivity index (χ4v) is 3.75. The summed E-state index contributed by atoms with van der Waals surface area (Å²) in [5.74, 6) is 0.164. The molecule has 0 aliphatic carbocycles. The summed E-state index contributed by atoms with van der Waals surface area (Å²) in [5, 5.41) is 0. The second kappa shape index (κ2) is 6.70. The van der Waals surface area contributed by atoms with Crippen LogP contribution in [0, 0.1) is 0 Å². The van der Waals surface area contributed by atoms with E-state index in [0.29, 0.717) is 13.1 Å². The Labute approximate surface area is 120 Å². The minimum atomic E-state index is -3.54. The van der Waals surface area contributed by atoms with Crippen LogP contribution in [-0.4, -0.2) is 31.7 Å². The largest absolute Gasteiger partial charge is 0.280 e. The van der Waals surface area contributed by atoms with Gasteiger partial charge >= 0.3 is 0 Å². The van der Waals surface area contributed by atoms with Crippen LogP contribution in [0.3, 0.4) is 0 Å². The van der Waals surface area contributed by atoms with Gasteiger partial charge in [0.2, 0.25) is 0 Å². The summed E-state index contributed by atoms with van der Waals surface area (Å²) in [6.07, 6.45) is 0. The highest BCUT2D eigenvalue weighted by atomic mass is 35.5. The van der Waals surface area contributed by atoms with Gasteiger partial charge in [-0.1, -0.05) is 44.2 Å². The van der Waals surface area contributed by atoms with Gasteiger partial charge in [0, 0.05) is 19.0 Å². The summed E-state index contributed by atoms with van der Waals surface area (Å²) >= 11 is 5.99. The first-order valence-corrected chi connectivity index (χ1v) is 8.27. The molecule has 6 heteroatoms. The zero-order valence-corrected chi connectivity index (χ0v) is 13.1. The molecule has 0 fully saturated rings. The van der Waals surface area contributed by atoms with Crippen molar-refractivity contribution >= 4 is 21.8 Å². The quantitative estimate of drug-likeness (QED) is 0.786.